The second-order valence-electron chi connectivity index (χ2n) is 9.53. The first-order valence-electron chi connectivity index (χ1n) is 10.8. The average Bonchev–Trinajstić information content (AvgIpc) is 3.40. The zero-order chi connectivity index (χ0) is 22.2. The number of nitrogens with zero attached hydrogens (tertiary/aromatic N) is 3. The molecule has 0 radical (unpaired) electrons. The van der Waals surface area contributed by atoms with Crippen molar-refractivity contribution in [1.82, 2.24) is 15.1 Å². The van der Waals surface area contributed by atoms with E-state index in [9.17, 15) is 13.2 Å². The van der Waals surface area contributed by atoms with Gasteiger partial charge in [0.2, 0.25) is 0 Å². The number of anilines is 2. The molecule has 8 nitrogen and oxygen atoms in total. The van der Waals surface area contributed by atoms with Crippen molar-refractivity contribution in [1.29, 1.82) is 0 Å². The minimum atomic E-state index is -3.06. The molecule has 0 aliphatic carbocycles. The molecule has 0 spiro atoms. The number of sulfone groups is 1. The summed E-state index contributed by atoms with van der Waals surface area (Å²) in [7, 11) is -3.06. The number of hydrogen-bond donors (Lipinski definition) is 2. The van der Waals surface area contributed by atoms with Gasteiger partial charge in [-0.25, -0.2) is 17.9 Å². The molecule has 2 aliphatic heterocycles. The molecule has 4 rings (SSSR count). The van der Waals surface area contributed by atoms with Crippen molar-refractivity contribution in [3.05, 3.63) is 42.1 Å². The predicted molar refractivity (Wildman–Crippen MR) is 122 cm³/mol. The van der Waals surface area contributed by atoms with Gasteiger partial charge in [0.25, 0.3) is 0 Å². The molecule has 2 amide bonds. The number of para-hydroxylation sites is 1. The van der Waals surface area contributed by atoms with Crippen LogP contribution in [0.25, 0.3) is 0 Å². The number of hydrogen-bond acceptors (Lipinski definition) is 5. The van der Waals surface area contributed by atoms with E-state index in [1.807, 2.05) is 45.0 Å². The number of amides is 2. The van der Waals surface area contributed by atoms with Crippen LogP contribution >= 0.6 is 0 Å². The van der Waals surface area contributed by atoms with Gasteiger partial charge in [-0.15, -0.1) is 0 Å². The van der Waals surface area contributed by atoms with Crippen molar-refractivity contribution in [3.8, 4) is 0 Å². The van der Waals surface area contributed by atoms with E-state index in [-0.39, 0.29) is 35.0 Å². The van der Waals surface area contributed by atoms with Crippen LogP contribution in [0.15, 0.2) is 36.4 Å². The van der Waals surface area contributed by atoms with Crippen LogP contribution in [0.4, 0.5) is 16.3 Å². The lowest BCUT2D eigenvalue weighted by atomic mass is 9.92. The van der Waals surface area contributed by atoms with Crippen molar-refractivity contribution in [2.45, 2.75) is 51.1 Å². The molecule has 2 atom stereocenters. The van der Waals surface area contributed by atoms with Gasteiger partial charge in [0.05, 0.1) is 23.2 Å². The normalized spacial score (nSPS) is 23.1. The fourth-order valence-corrected chi connectivity index (χ4v) is 5.88. The highest BCUT2D eigenvalue weighted by molar-refractivity contribution is 7.91. The molecule has 3 heterocycles. The summed E-state index contributed by atoms with van der Waals surface area (Å²) in [6.07, 6.45) is 1.38. The molecule has 0 saturated carbocycles. The van der Waals surface area contributed by atoms with Gasteiger partial charge < -0.3 is 10.2 Å². The quantitative estimate of drug-likeness (QED) is 0.754. The first-order valence-corrected chi connectivity index (χ1v) is 12.6. The van der Waals surface area contributed by atoms with Crippen molar-refractivity contribution in [3.63, 3.8) is 0 Å². The summed E-state index contributed by atoms with van der Waals surface area (Å²) in [5.74, 6) is 0.761. The maximum Gasteiger partial charge on any atom is 0.320 e. The van der Waals surface area contributed by atoms with Gasteiger partial charge in [0.15, 0.2) is 9.84 Å². The number of rotatable bonds is 4. The summed E-state index contributed by atoms with van der Waals surface area (Å²) in [6.45, 7) is 7.79. The number of urea groups is 1. The molecule has 1 aromatic carbocycles. The summed E-state index contributed by atoms with van der Waals surface area (Å²) in [5.41, 5.74) is 1.77. The molecule has 1 aromatic heterocycles. The van der Waals surface area contributed by atoms with Crippen LogP contribution in [0.5, 0.6) is 0 Å². The molecule has 2 N–H and O–H groups in total. The van der Waals surface area contributed by atoms with Gasteiger partial charge in [-0.05, 0) is 25.0 Å². The number of carbonyl (C=O) groups is 1. The minimum absolute atomic E-state index is 0.0468. The third kappa shape index (κ3) is 5.03. The van der Waals surface area contributed by atoms with Crippen LogP contribution in [0.2, 0.25) is 0 Å². The van der Waals surface area contributed by atoms with Gasteiger partial charge in [-0.1, -0.05) is 39.0 Å². The molecule has 0 unspecified atom stereocenters. The standard InChI is InChI=1S/C22H31N5O3S/c1-22(2,3)19-13-20(27(25-19)18-10-12-31(29,30)15-18)24-21(28)23-16-9-11-26(14-16)17-7-5-4-6-8-17/h4-8,13,16,18H,9-12,14-15H2,1-3H3,(H2,23,24,28)/t16-,18-/m1/s1. The Hall–Kier alpha value is -2.55. The van der Waals surface area contributed by atoms with E-state index in [0.717, 1.165) is 30.9 Å². The highest BCUT2D eigenvalue weighted by atomic mass is 32.2. The number of aromatic nitrogens is 2. The lowest BCUT2D eigenvalue weighted by Crippen LogP contribution is -2.40. The molecule has 9 heteroatoms. The summed E-state index contributed by atoms with van der Waals surface area (Å²) in [6, 6.07) is 11.5. The summed E-state index contributed by atoms with van der Waals surface area (Å²) in [5, 5.41) is 10.7. The Kier molecular flexibility index (Phi) is 5.72. The third-order valence-electron chi connectivity index (χ3n) is 5.94. The average molecular weight is 446 g/mol. The molecule has 31 heavy (non-hydrogen) atoms. The zero-order valence-electron chi connectivity index (χ0n) is 18.3. The van der Waals surface area contributed by atoms with E-state index in [1.54, 1.807) is 4.68 Å². The number of benzene rings is 1. The summed E-state index contributed by atoms with van der Waals surface area (Å²) >= 11 is 0. The topological polar surface area (TPSA) is 96.3 Å². The fraction of sp³-hybridized carbons (Fsp3) is 0.545. The van der Waals surface area contributed by atoms with E-state index < -0.39 is 9.84 Å². The lowest BCUT2D eigenvalue weighted by molar-refractivity contribution is 0.249. The van der Waals surface area contributed by atoms with E-state index in [4.69, 9.17) is 0 Å². The largest absolute Gasteiger partial charge is 0.369 e. The third-order valence-corrected chi connectivity index (χ3v) is 7.70. The molecule has 0 bridgehead atoms. The molecule has 2 aromatic rings. The number of nitrogens with one attached hydrogen (secondary N) is 2. The van der Waals surface area contributed by atoms with Crippen LogP contribution in [0, 0.1) is 0 Å². The van der Waals surface area contributed by atoms with Gasteiger partial charge in [-0.2, -0.15) is 5.10 Å². The first-order chi connectivity index (χ1) is 14.6. The maximum absolute atomic E-state index is 12.8. The second-order valence-corrected chi connectivity index (χ2v) is 11.8. The predicted octanol–water partition coefficient (Wildman–Crippen LogP) is 2.94. The Morgan fingerprint density at radius 3 is 2.55 bits per heavy atom. The van der Waals surface area contributed by atoms with Crippen LogP contribution in [0.1, 0.15) is 45.3 Å². The SMILES string of the molecule is CC(C)(C)c1cc(NC(=O)N[C@@H]2CCN(c3ccccc3)C2)n([C@@H]2CCS(=O)(=O)C2)n1. The van der Waals surface area contributed by atoms with E-state index in [1.165, 1.54) is 0 Å². The minimum Gasteiger partial charge on any atom is -0.369 e. The van der Waals surface area contributed by atoms with Crippen molar-refractivity contribution < 1.29 is 13.2 Å². The lowest BCUT2D eigenvalue weighted by Gasteiger charge is -2.19. The summed E-state index contributed by atoms with van der Waals surface area (Å²) < 4.78 is 25.7. The Balaban J connectivity index is 1.44. The van der Waals surface area contributed by atoms with Gasteiger partial charge in [0, 0.05) is 36.3 Å². The van der Waals surface area contributed by atoms with Crippen molar-refractivity contribution in [2.75, 3.05) is 34.8 Å². The number of carbonyl (C=O) groups excluding carboxylic acids is 1. The Bertz CT molecular complexity index is 1040. The fourth-order valence-electron chi connectivity index (χ4n) is 4.19. The van der Waals surface area contributed by atoms with Crippen LogP contribution in [-0.2, 0) is 15.3 Å². The van der Waals surface area contributed by atoms with Crippen molar-refractivity contribution >= 4 is 27.4 Å². The van der Waals surface area contributed by atoms with Gasteiger partial charge in [0.1, 0.15) is 5.82 Å². The molecule has 2 fully saturated rings. The monoisotopic (exact) mass is 445 g/mol. The Morgan fingerprint density at radius 1 is 1.16 bits per heavy atom. The van der Waals surface area contributed by atoms with Crippen molar-refractivity contribution in [2.24, 2.45) is 0 Å². The van der Waals surface area contributed by atoms with Crippen LogP contribution < -0.4 is 15.5 Å². The van der Waals surface area contributed by atoms with Crippen LogP contribution in [0.3, 0.4) is 0 Å². The van der Waals surface area contributed by atoms with Gasteiger partial charge >= 0.3 is 6.03 Å². The second kappa shape index (κ2) is 8.18. The van der Waals surface area contributed by atoms with E-state index in [2.05, 4.69) is 32.8 Å². The highest BCUT2D eigenvalue weighted by Gasteiger charge is 2.33. The first kappa shape index (κ1) is 21.7. The molecular weight excluding hydrogens is 414 g/mol. The zero-order valence-corrected chi connectivity index (χ0v) is 19.2. The molecule has 168 valence electrons. The molecule has 2 saturated heterocycles. The van der Waals surface area contributed by atoms with E-state index in [0.29, 0.717) is 12.2 Å². The smallest absolute Gasteiger partial charge is 0.320 e. The van der Waals surface area contributed by atoms with E-state index >= 15 is 0 Å². The molecular formula is C22H31N5O3S. The maximum atomic E-state index is 12.8. The molecule has 2 aliphatic rings. The van der Waals surface area contributed by atoms with Gasteiger partial charge in [-0.3, -0.25) is 5.32 Å². The summed E-state index contributed by atoms with van der Waals surface area (Å²) in [4.78, 5) is 15.0. The highest BCUT2D eigenvalue weighted by Crippen LogP contribution is 2.31. The Morgan fingerprint density at radius 2 is 1.90 bits per heavy atom. The Labute approximate surface area is 183 Å². The van der Waals surface area contributed by atoms with Crippen LogP contribution in [-0.4, -0.2) is 54.9 Å².